The van der Waals surface area contributed by atoms with Crippen molar-refractivity contribution in [3.8, 4) is 0 Å². The smallest absolute Gasteiger partial charge is 0.293 e. The van der Waals surface area contributed by atoms with Crippen molar-refractivity contribution in [3.63, 3.8) is 0 Å². The Labute approximate surface area is 126 Å². The number of aryl methyl sites for hydroxylation is 1. The Kier molecular flexibility index (Phi) is 4.93. The van der Waals surface area contributed by atoms with Crippen LogP contribution in [0.5, 0.6) is 0 Å². The Morgan fingerprint density at radius 2 is 2.10 bits per heavy atom. The third-order valence-corrected chi connectivity index (χ3v) is 3.61. The highest BCUT2D eigenvalue weighted by atomic mass is 35.5. The summed E-state index contributed by atoms with van der Waals surface area (Å²) in [4.78, 5) is 19.1. The van der Waals surface area contributed by atoms with E-state index >= 15 is 0 Å². The molecule has 2 rings (SSSR count). The zero-order chi connectivity index (χ0) is 14.5. The van der Waals surface area contributed by atoms with E-state index in [0.717, 1.165) is 5.69 Å². The summed E-state index contributed by atoms with van der Waals surface area (Å²) in [7, 11) is 0. The fraction of sp³-hybridized carbons (Fsp3) is 0.214. The van der Waals surface area contributed by atoms with Gasteiger partial charge in [-0.15, -0.1) is 0 Å². The van der Waals surface area contributed by atoms with Gasteiger partial charge in [0.05, 0.1) is 21.4 Å². The van der Waals surface area contributed by atoms with Gasteiger partial charge in [0.15, 0.2) is 0 Å². The molecule has 0 saturated carbocycles. The molecule has 0 aliphatic rings. The van der Waals surface area contributed by atoms with Gasteiger partial charge in [-0.05, 0) is 13.0 Å². The van der Waals surface area contributed by atoms with E-state index in [1.807, 2.05) is 6.92 Å². The lowest BCUT2D eigenvalue weighted by Crippen LogP contribution is -2.09. The van der Waals surface area contributed by atoms with Crippen LogP contribution >= 0.6 is 23.2 Å². The summed E-state index contributed by atoms with van der Waals surface area (Å²) in [5, 5.41) is 0.791. The van der Waals surface area contributed by atoms with Gasteiger partial charge in [-0.2, -0.15) is 0 Å². The summed E-state index contributed by atoms with van der Waals surface area (Å²) in [6.45, 7) is 2.24. The van der Waals surface area contributed by atoms with Gasteiger partial charge in [0.25, 0.3) is 6.47 Å². The van der Waals surface area contributed by atoms with Crippen LogP contribution in [0.3, 0.4) is 0 Å². The van der Waals surface area contributed by atoms with E-state index in [-0.39, 0.29) is 0 Å². The first kappa shape index (κ1) is 14.8. The van der Waals surface area contributed by atoms with Gasteiger partial charge in [0, 0.05) is 24.4 Å². The van der Waals surface area contributed by atoms with Gasteiger partial charge < -0.3 is 4.74 Å². The molecule has 0 radical (unpaired) electrons. The van der Waals surface area contributed by atoms with Crippen molar-refractivity contribution in [1.29, 1.82) is 0 Å². The highest BCUT2D eigenvalue weighted by molar-refractivity contribution is 6.42. The highest BCUT2D eigenvalue weighted by Crippen LogP contribution is 2.32. The van der Waals surface area contributed by atoms with Gasteiger partial charge in [-0.3, -0.25) is 14.8 Å². The first-order valence-electron chi connectivity index (χ1n) is 5.92. The van der Waals surface area contributed by atoms with Crippen molar-refractivity contribution in [1.82, 2.24) is 9.97 Å². The summed E-state index contributed by atoms with van der Waals surface area (Å²) >= 11 is 12.1. The maximum atomic E-state index is 10.7. The van der Waals surface area contributed by atoms with Crippen LogP contribution < -0.4 is 0 Å². The van der Waals surface area contributed by atoms with Gasteiger partial charge in [0.2, 0.25) is 0 Å². The average molecular weight is 311 g/mol. The number of nitrogens with zero attached hydrogens (tertiary/aromatic N) is 2. The number of aromatic nitrogens is 2. The molecule has 20 heavy (non-hydrogen) atoms. The van der Waals surface area contributed by atoms with Crippen molar-refractivity contribution < 1.29 is 9.53 Å². The number of hydrogen-bond acceptors (Lipinski definition) is 4. The van der Waals surface area contributed by atoms with Crippen molar-refractivity contribution in [2.75, 3.05) is 0 Å². The molecule has 104 valence electrons. The second-order valence-corrected chi connectivity index (χ2v) is 5.00. The summed E-state index contributed by atoms with van der Waals surface area (Å²) < 4.78 is 5.11. The predicted molar refractivity (Wildman–Crippen MR) is 76.8 cm³/mol. The van der Waals surface area contributed by atoms with E-state index in [9.17, 15) is 4.79 Å². The van der Waals surface area contributed by atoms with Gasteiger partial charge in [-0.25, -0.2) is 0 Å². The maximum Gasteiger partial charge on any atom is 0.293 e. The molecular formula is C14H12Cl2N2O2. The van der Waals surface area contributed by atoms with E-state index in [1.165, 1.54) is 0 Å². The molecule has 1 aromatic carbocycles. The number of ether oxygens (including phenoxy) is 1. The van der Waals surface area contributed by atoms with Crippen LogP contribution in [0, 0.1) is 6.92 Å². The number of carbonyl (C=O) groups excluding carboxylic acids is 1. The summed E-state index contributed by atoms with van der Waals surface area (Å²) in [6, 6.07) is 5.20. The van der Waals surface area contributed by atoms with E-state index < -0.39 is 6.10 Å². The molecule has 1 atom stereocenters. The standard InChI is InChI=1S/C14H12Cl2N2O2/c1-9-6-18-10(7-17-9)5-13(20-8-19)11-3-2-4-12(15)14(11)16/h2-4,6-8,13H,5H2,1H3. The number of benzene rings is 1. The molecule has 4 nitrogen and oxygen atoms in total. The molecule has 1 heterocycles. The molecule has 0 bridgehead atoms. The third-order valence-electron chi connectivity index (χ3n) is 2.78. The second-order valence-electron chi connectivity index (χ2n) is 4.22. The molecule has 0 saturated heterocycles. The highest BCUT2D eigenvalue weighted by Gasteiger charge is 2.19. The van der Waals surface area contributed by atoms with Gasteiger partial charge in [0.1, 0.15) is 6.10 Å². The zero-order valence-corrected chi connectivity index (χ0v) is 12.2. The molecule has 2 aromatic rings. The zero-order valence-electron chi connectivity index (χ0n) is 10.7. The van der Waals surface area contributed by atoms with E-state index in [0.29, 0.717) is 34.2 Å². The lowest BCUT2D eigenvalue weighted by molar-refractivity contribution is -0.133. The first-order chi connectivity index (χ1) is 9.61. The number of hydrogen-bond donors (Lipinski definition) is 0. The molecule has 0 N–H and O–H groups in total. The largest absolute Gasteiger partial charge is 0.459 e. The van der Waals surface area contributed by atoms with Crippen LogP contribution in [-0.2, 0) is 16.0 Å². The van der Waals surface area contributed by atoms with Gasteiger partial charge >= 0.3 is 0 Å². The Balaban J connectivity index is 2.29. The molecule has 1 unspecified atom stereocenters. The summed E-state index contributed by atoms with van der Waals surface area (Å²) in [5.74, 6) is 0. The van der Waals surface area contributed by atoms with Crippen LogP contribution in [-0.4, -0.2) is 16.4 Å². The van der Waals surface area contributed by atoms with E-state index in [4.69, 9.17) is 27.9 Å². The molecule has 0 fully saturated rings. The Bertz CT molecular complexity index is 603. The Hall–Kier alpha value is -1.65. The first-order valence-corrected chi connectivity index (χ1v) is 6.68. The summed E-state index contributed by atoms with van der Waals surface area (Å²) in [6.07, 6.45) is 3.14. The van der Waals surface area contributed by atoms with Crippen molar-refractivity contribution >= 4 is 29.7 Å². The van der Waals surface area contributed by atoms with Crippen LogP contribution in [0.4, 0.5) is 0 Å². The topological polar surface area (TPSA) is 52.1 Å². The molecular weight excluding hydrogens is 299 g/mol. The van der Waals surface area contributed by atoms with Crippen molar-refractivity contribution in [2.45, 2.75) is 19.4 Å². The van der Waals surface area contributed by atoms with E-state index in [2.05, 4.69) is 9.97 Å². The quantitative estimate of drug-likeness (QED) is 0.792. The fourth-order valence-electron chi connectivity index (χ4n) is 1.78. The van der Waals surface area contributed by atoms with Gasteiger partial charge in [-0.1, -0.05) is 35.3 Å². The number of carbonyl (C=O) groups is 1. The Morgan fingerprint density at radius 1 is 1.30 bits per heavy atom. The van der Waals surface area contributed by atoms with Crippen LogP contribution in [0.15, 0.2) is 30.6 Å². The molecule has 6 heteroatoms. The molecule has 0 aliphatic heterocycles. The van der Waals surface area contributed by atoms with Crippen molar-refractivity contribution in [3.05, 3.63) is 57.6 Å². The Morgan fingerprint density at radius 3 is 2.75 bits per heavy atom. The maximum absolute atomic E-state index is 10.7. The lowest BCUT2D eigenvalue weighted by atomic mass is 10.0. The minimum atomic E-state index is -0.546. The second kappa shape index (κ2) is 6.68. The third kappa shape index (κ3) is 3.46. The average Bonchev–Trinajstić information content (AvgIpc) is 2.44. The molecule has 0 aliphatic carbocycles. The minimum Gasteiger partial charge on any atom is -0.459 e. The lowest BCUT2D eigenvalue weighted by Gasteiger charge is -2.17. The molecule has 0 amide bonds. The van der Waals surface area contributed by atoms with Crippen LogP contribution in [0.1, 0.15) is 23.1 Å². The monoisotopic (exact) mass is 310 g/mol. The number of halogens is 2. The number of rotatable bonds is 5. The van der Waals surface area contributed by atoms with Crippen LogP contribution in [0.25, 0.3) is 0 Å². The SMILES string of the molecule is Cc1cnc(CC(OC=O)c2cccc(Cl)c2Cl)cn1. The normalized spacial score (nSPS) is 11.9. The van der Waals surface area contributed by atoms with Crippen molar-refractivity contribution in [2.24, 2.45) is 0 Å². The fourth-order valence-corrected chi connectivity index (χ4v) is 2.21. The summed E-state index contributed by atoms with van der Waals surface area (Å²) in [5.41, 5.74) is 2.18. The van der Waals surface area contributed by atoms with E-state index in [1.54, 1.807) is 30.6 Å². The van der Waals surface area contributed by atoms with Crippen LogP contribution in [0.2, 0.25) is 10.0 Å². The predicted octanol–water partition coefficient (Wildman–Crippen LogP) is 3.55. The molecule has 1 aromatic heterocycles. The molecule has 0 spiro atoms. The minimum absolute atomic E-state index is 0.376.